The van der Waals surface area contributed by atoms with Crippen LogP contribution in [0.25, 0.3) is 10.4 Å². The molecule has 0 radical (unpaired) electrons. The molecular formula is C8H13N3. The molecule has 0 aromatic rings. The molecule has 0 saturated carbocycles. The van der Waals surface area contributed by atoms with Crippen molar-refractivity contribution in [1.29, 1.82) is 0 Å². The first-order chi connectivity index (χ1) is 5.35. The minimum absolute atomic E-state index is 0.0556. The van der Waals surface area contributed by atoms with E-state index >= 15 is 0 Å². The summed E-state index contributed by atoms with van der Waals surface area (Å²) >= 11 is 0. The lowest BCUT2D eigenvalue weighted by molar-refractivity contribution is 0.672. The molecule has 0 unspecified atom stereocenters. The Labute approximate surface area is 67.0 Å². The van der Waals surface area contributed by atoms with E-state index in [2.05, 4.69) is 23.2 Å². The highest BCUT2D eigenvalue weighted by molar-refractivity contribution is 4.86. The molecule has 60 valence electrons. The van der Waals surface area contributed by atoms with Gasteiger partial charge in [-0.05, 0) is 24.8 Å². The molecule has 0 rings (SSSR count). The van der Waals surface area contributed by atoms with Gasteiger partial charge in [0, 0.05) is 4.91 Å². The second-order valence-electron chi connectivity index (χ2n) is 2.23. The van der Waals surface area contributed by atoms with Gasteiger partial charge in [0.15, 0.2) is 0 Å². The van der Waals surface area contributed by atoms with Crippen LogP contribution in [0, 0.1) is 0 Å². The zero-order valence-electron chi connectivity index (χ0n) is 6.61. The molecule has 0 aliphatic carbocycles. The van der Waals surface area contributed by atoms with Crippen LogP contribution in [0.15, 0.2) is 30.4 Å². The van der Waals surface area contributed by atoms with E-state index in [1.54, 1.807) is 6.08 Å². The van der Waals surface area contributed by atoms with Crippen LogP contribution in [-0.4, -0.2) is 6.04 Å². The van der Waals surface area contributed by atoms with Crippen LogP contribution in [0.4, 0.5) is 0 Å². The fraction of sp³-hybridized carbons (Fsp3) is 0.500. The summed E-state index contributed by atoms with van der Waals surface area (Å²) in [5.41, 5.74) is 8.11. The molecule has 0 amide bonds. The highest BCUT2D eigenvalue weighted by Crippen LogP contribution is 2.05. The Kier molecular flexibility index (Phi) is 6.14. The molecule has 0 aliphatic heterocycles. The monoisotopic (exact) mass is 151 g/mol. The van der Waals surface area contributed by atoms with Crippen molar-refractivity contribution in [2.24, 2.45) is 5.11 Å². The van der Waals surface area contributed by atoms with Gasteiger partial charge < -0.3 is 0 Å². The van der Waals surface area contributed by atoms with E-state index in [9.17, 15) is 0 Å². The summed E-state index contributed by atoms with van der Waals surface area (Å²) in [7, 11) is 0. The molecule has 0 saturated heterocycles. The van der Waals surface area contributed by atoms with Gasteiger partial charge >= 0.3 is 0 Å². The van der Waals surface area contributed by atoms with Crippen molar-refractivity contribution >= 4 is 0 Å². The van der Waals surface area contributed by atoms with Crippen molar-refractivity contribution in [1.82, 2.24) is 0 Å². The molecule has 3 heteroatoms. The minimum Gasteiger partial charge on any atom is -0.103 e. The third-order valence-electron chi connectivity index (χ3n) is 1.38. The number of hydrogen-bond donors (Lipinski definition) is 0. The molecule has 0 fully saturated rings. The Morgan fingerprint density at radius 3 is 2.73 bits per heavy atom. The number of azide groups is 1. The Hall–Kier alpha value is -1.21. The third-order valence-corrected chi connectivity index (χ3v) is 1.38. The van der Waals surface area contributed by atoms with Crippen LogP contribution < -0.4 is 0 Å². The van der Waals surface area contributed by atoms with Crippen LogP contribution in [0.3, 0.4) is 0 Å². The molecule has 11 heavy (non-hydrogen) atoms. The average Bonchev–Trinajstić information content (AvgIpc) is 2.03. The maximum absolute atomic E-state index is 8.11. The molecule has 1 atom stereocenters. The Bertz CT molecular complexity index is 168. The minimum atomic E-state index is -0.0556. The van der Waals surface area contributed by atoms with E-state index in [1.165, 1.54) is 0 Å². The lowest BCUT2D eigenvalue weighted by Gasteiger charge is -2.01. The van der Waals surface area contributed by atoms with Crippen LogP contribution in [0.2, 0.25) is 0 Å². The number of hydrogen-bond acceptors (Lipinski definition) is 1. The molecule has 0 aliphatic rings. The number of rotatable bonds is 6. The average molecular weight is 151 g/mol. The smallest absolute Gasteiger partial charge is 0.0552 e. The number of nitrogens with zero attached hydrogens (tertiary/aromatic N) is 3. The molecule has 0 aromatic carbocycles. The first-order valence-corrected chi connectivity index (χ1v) is 3.62. The van der Waals surface area contributed by atoms with E-state index in [1.807, 2.05) is 6.08 Å². The second kappa shape index (κ2) is 6.90. The molecule has 0 N–H and O–H groups in total. The van der Waals surface area contributed by atoms with Crippen molar-refractivity contribution in [3.8, 4) is 0 Å². The van der Waals surface area contributed by atoms with Crippen LogP contribution in [-0.2, 0) is 0 Å². The lowest BCUT2D eigenvalue weighted by Crippen LogP contribution is -1.96. The number of unbranched alkanes of at least 4 members (excludes halogenated alkanes) is 1. The predicted octanol–water partition coefficient (Wildman–Crippen LogP) is 3.21. The first-order valence-electron chi connectivity index (χ1n) is 3.62. The zero-order valence-corrected chi connectivity index (χ0v) is 6.61. The standard InChI is InChI=1S/C8H13N3/c1-3-5-6-7-8(4-2)10-11-9/h3-4,8H,1-2,5-7H2/t8-/m1/s1. The Balaban J connectivity index is 3.59. The largest absolute Gasteiger partial charge is 0.103 e. The van der Waals surface area contributed by atoms with E-state index < -0.39 is 0 Å². The third kappa shape index (κ3) is 5.25. The van der Waals surface area contributed by atoms with E-state index in [0.717, 1.165) is 19.3 Å². The Morgan fingerprint density at radius 1 is 1.55 bits per heavy atom. The van der Waals surface area contributed by atoms with E-state index in [0.29, 0.717) is 0 Å². The predicted molar refractivity (Wildman–Crippen MR) is 47.2 cm³/mol. The topological polar surface area (TPSA) is 48.8 Å². The van der Waals surface area contributed by atoms with Gasteiger partial charge in [0.2, 0.25) is 0 Å². The van der Waals surface area contributed by atoms with Gasteiger partial charge in [-0.25, -0.2) is 0 Å². The van der Waals surface area contributed by atoms with Gasteiger partial charge in [-0.2, -0.15) is 0 Å². The molecular weight excluding hydrogens is 138 g/mol. The van der Waals surface area contributed by atoms with Crippen LogP contribution in [0.5, 0.6) is 0 Å². The van der Waals surface area contributed by atoms with Gasteiger partial charge in [0.1, 0.15) is 0 Å². The SMILES string of the molecule is C=CCCC[C@@H](C=C)N=[N+]=[N-]. The van der Waals surface area contributed by atoms with E-state index in [-0.39, 0.29) is 6.04 Å². The lowest BCUT2D eigenvalue weighted by atomic mass is 10.1. The van der Waals surface area contributed by atoms with Crippen molar-refractivity contribution in [2.75, 3.05) is 0 Å². The molecule has 0 aromatic heterocycles. The Morgan fingerprint density at radius 2 is 2.27 bits per heavy atom. The van der Waals surface area contributed by atoms with Crippen molar-refractivity contribution in [3.05, 3.63) is 35.8 Å². The summed E-state index contributed by atoms with van der Waals surface area (Å²) in [5, 5.41) is 3.54. The summed E-state index contributed by atoms with van der Waals surface area (Å²) in [6.07, 6.45) is 6.35. The van der Waals surface area contributed by atoms with Gasteiger partial charge in [0.25, 0.3) is 0 Å². The van der Waals surface area contributed by atoms with Gasteiger partial charge in [-0.3, -0.25) is 0 Å². The molecule has 0 spiro atoms. The fourth-order valence-electron chi connectivity index (χ4n) is 0.760. The maximum Gasteiger partial charge on any atom is 0.0552 e. The van der Waals surface area contributed by atoms with Crippen molar-refractivity contribution < 1.29 is 0 Å². The first kappa shape index (κ1) is 9.79. The highest BCUT2D eigenvalue weighted by Gasteiger charge is 1.97. The van der Waals surface area contributed by atoms with Gasteiger partial charge in [-0.15, -0.1) is 13.2 Å². The maximum atomic E-state index is 8.11. The molecule has 3 nitrogen and oxygen atoms in total. The quantitative estimate of drug-likeness (QED) is 0.184. The zero-order chi connectivity index (χ0) is 8.53. The summed E-state index contributed by atoms with van der Waals surface area (Å²) in [6, 6.07) is -0.0556. The van der Waals surface area contributed by atoms with Gasteiger partial charge in [-0.1, -0.05) is 17.3 Å². The van der Waals surface area contributed by atoms with Crippen molar-refractivity contribution in [2.45, 2.75) is 25.3 Å². The summed E-state index contributed by atoms with van der Waals surface area (Å²) in [4.78, 5) is 2.71. The summed E-state index contributed by atoms with van der Waals surface area (Å²) < 4.78 is 0. The molecule has 0 heterocycles. The highest BCUT2D eigenvalue weighted by atomic mass is 15.1. The van der Waals surface area contributed by atoms with Crippen molar-refractivity contribution in [3.63, 3.8) is 0 Å². The fourth-order valence-corrected chi connectivity index (χ4v) is 0.760. The molecule has 0 bridgehead atoms. The van der Waals surface area contributed by atoms with Crippen LogP contribution in [0.1, 0.15) is 19.3 Å². The van der Waals surface area contributed by atoms with E-state index in [4.69, 9.17) is 5.53 Å². The van der Waals surface area contributed by atoms with Crippen LogP contribution >= 0.6 is 0 Å². The summed E-state index contributed by atoms with van der Waals surface area (Å²) in [5.74, 6) is 0. The van der Waals surface area contributed by atoms with Gasteiger partial charge in [0.05, 0.1) is 6.04 Å². The normalized spacial score (nSPS) is 11.3. The second-order valence-corrected chi connectivity index (χ2v) is 2.23. The summed E-state index contributed by atoms with van der Waals surface area (Å²) in [6.45, 7) is 7.17. The number of allylic oxidation sites excluding steroid dienone is 1.